The number of amides is 1. The average molecular weight is 380 g/mol. The molecule has 9 heteroatoms. The summed E-state index contributed by atoms with van der Waals surface area (Å²) in [6, 6.07) is 7.22. The second kappa shape index (κ2) is 7.32. The fraction of sp³-hybridized carbons (Fsp3) is 0.312. The molecule has 0 bridgehead atoms. The van der Waals surface area contributed by atoms with Crippen molar-refractivity contribution < 1.29 is 22.7 Å². The fourth-order valence-electron chi connectivity index (χ4n) is 2.46. The zero-order valence-corrected chi connectivity index (χ0v) is 14.8. The molecule has 0 radical (unpaired) electrons. The quantitative estimate of drug-likeness (QED) is 0.617. The summed E-state index contributed by atoms with van der Waals surface area (Å²) < 4.78 is 28.5. The third-order valence-electron chi connectivity index (χ3n) is 3.62. The molecule has 7 nitrogen and oxygen atoms in total. The second-order valence-corrected chi connectivity index (χ2v) is 8.92. The van der Waals surface area contributed by atoms with Gasteiger partial charge in [-0.2, -0.15) is 0 Å². The predicted octanol–water partition coefficient (Wildman–Crippen LogP) is 1.16. The van der Waals surface area contributed by atoms with Gasteiger partial charge >= 0.3 is 5.97 Å². The number of rotatable bonds is 5. The highest BCUT2D eigenvalue weighted by Gasteiger charge is 2.28. The summed E-state index contributed by atoms with van der Waals surface area (Å²) in [5.74, 6) is -1.16. The van der Waals surface area contributed by atoms with Crippen molar-refractivity contribution in [1.82, 2.24) is 10.3 Å². The zero-order valence-electron chi connectivity index (χ0n) is 13.2. The molecule has 1 aliphatic heterocycles. The molecule has 2 aromatic rings. The van der Waals surface area contributed by atoms with Crippen molar-refractivity contribution in [3.05, 3.63) is 35.3 Å². The lowest BCUT2D eigenvalue weighted by Crippen LogP contribution is -2.38. The first-order chi connectivity index (χ1) is 11.9. The van der Waals surface area contributed by atoms with Crippen molar-refractivity contribution >= 4 is 49.3 Å². The summed E-state index contributed by atoms with van der Waals surface area (Å²) in [5, 5.41) is 3.22. The van der Waals surface area contributed by atoms with Crippen molar-refractivity contribution in [2.75, 3.05) is 18.1 Å². The van der Waals surface area contributed by atoms with E-state index in [9.17, 15) is 18.0 Å². The van der Waals surface area contributed by atoms with E-state index in [1.54, 1.807) is 0 Å². The summed E-state index contributed by atoms with van der Waals surface area (Å²) in [6.07, 6.45) is 3.14. The lowest BCUT2D eigenvalue weighted by atomic mass is 10.2. The summed E-state index contributed by atoms with van der Waals surface area (Å²) in [5.41, 5.74) is 0.853. The van der Waals surface area contributed by atoms with Crippen LogP contribution in [0.1, 0.15) is 11.4 Å². The Morgan fingerprint density at radius 3 is 2.88 bits per heavy atom. The van der Waals surface area contributed by atoms with Crippen LogP contribution in [-0.4, -0.2) is 49.4 Å². The minimum Gasteiger partial charge on any atom is -0.452 e. The van der Waals surface area contributed by atoms with Crippen LogP contribution in [0.25, 0.3) is 16.3 Å². The van der Waals surface area contributed by atoms with Crippen molar-refractivity contribution in [2.45, 2.75) is 12.5 Å². The summed E-state index contributed by atoms with van der Waals surface area (Å²) in [7, 11) is -3.06. The number of thiazole rings is 1. The lowest BCUT2D eigenvalue weighted by Gasteiger charge is -2.10. The molecular weight excluding hydrogens is 364 g/mol. The van der Waals surface area contributed by atoms with Crippen LogP contribution < -0.4 is 5.32 Å². The maximum absolute atomic E-state index is 11.7. The first kappa shape index (κ1) is 17.6. The van der Waals surface area contributed by atoms with E-state index in [0.717, 1.165) is 10.2 Å². The van der Waals surface area contributed by atoms with Crippen LogP contribution in [-0.2, 0) is 24.2 Å². The Balaban J connectivity index is 1.46. The number of hydrogen-bond donors (Lipinski definition) is 1. The largest absolute Gasteiger partial charge is 0.452 e. The summed E-state index contributed by atoms with van der Waals surface area (Å²) >= 11 is 1.44. The number of nitrogens with zero attached hydrogens (tertiary/aromatic N) is 1. The summed E-state index contributed by atoms with van der Waals surface area (Å²) in [6.45, 7) is -0.445. The van der Waals surface area contributed by atoms with Gasteiger partial charge in [-0.1, -0.05) is 12.1 Å². The third kappa shape index (κ3) is 4.86. The number of hydrogen-bond acceptors (Lipinski definition) is 7. The number of sulfone groups is 1. The Morgan fingerprint density at radius 2 is 2.16 bits per heavy atom. The number of fused-ring (bicyclic) bond motifs is 1. The van der Waals surface area contributed by atoms with Crippen LogP contribution in [0, 0.1) is 0 Å². The van der Waals surface area contributed by atoms with Crippen molar-refractivity contribution in [2.24, 2.45) is 0 Å². The zero-order chi connectivity index (χ0) is 17.9. The number of aromatic nitrogens is 1. The Hall–Kier alpha value is -2.26. The smallest absolute Gasteiger partial charge is 0.331 e. The highest BCUT2D eigenvalue weighted by Crippen LogP contribution is 2.22. The molecule has 25 heavy (non-hydrogen) atoms. The molecule has 1 aromatic heterocycles. The standard InChI is InChI=1S/C16H16N2O5S2/c19-14(17-11-7-8-25(21,22)10-11)9-23-16(20)6-5-15-18-12-3-1-2-4-13(12)24-15/h1-6,11H,7-10H2,(H,17,19). The fourth-order valence-corrected chi connectivity index (χ4v) is 5.01. The van der Waals surface area contributed by atoms with E-state index in [1.807, 2.05) is 24.3 Å². The Bertz CT molecular complexity index is 900. The Labute approximate surface area is 148 Å². The van der Waals surface area contributed by atoms with Crippen LogP contribution >= 0.6 is 11.3 Å². The second-order valence-electron chi connectivity index (χ2n) is 5.63. The molecule has 1 amide bonds. The number of ether oxygens (including phenoxy) is 1. The van der Waals surface area contributed by atoms with E-state index in [-0.39, 0.29) is 11.5 Å². The molecule has 1 N–H and O–H groups in total. The minimum absolute atomic E-state index is 0.0653. The number of carbonyl (C=O) groups is 2. The van der Waals surface area contributed by atoms with Crippen LogP contribution in [0.4, 0.5) is 0 Å². The maximum Gasteiger partial charge on any atom is 0.331 e. The van der Waals surface area contributed by atoms with Gasteiger partial charge in [-0.25, -0.2) is 18.2 Å². The minimum atomic E-state index is -3.06. The van der Waals surface area contributed by atoms with Gasteiger partial charge in [-0.05, 0) is 24.6 Å². The average Bonchev–Trinajstić information content (AvgIpc) is 3.13. The van der Waals surface area contributed by atoms with Crippen LogP contribution in [0.2, 0.25) is 0 Å². The molecule has 0 saturated carbocycles. The van der Waals surface area contributed by atoms with E-state index in [1.165, 1.54) is 23.5 Å². The van der Waals surface area contributed by atoms with Gasteiger partial charge < -0.3 is 10.1 Å². The molecule has 1 unspecified atom stereocenters. The van der Waals surface area contributed by atoms with Gasteiger partial charge in [0, 0.05) is 12.1 Å². The van der Waals surface area contributed by atoms with Crippen LogP contribution in [0.15, 0.2) is 30.3 Å². The number of esters is 1. The van der Waals surface area contributed by atoms with Gasteiger partial charge in [0.25, 0.3) is 5.91 Å². The summed E-state index contributed by atoms with van der Waals surface area (Å²) in [4.78, 5) is 27.7. The van der Waals surface area contributed by atoms with E-state index in [4.69, 9.17) is 4.74 Å². The van der Waals surface area contributed by atoms with Gasteiger partial charge in [0.2, 0.25) is 0 Å². The van der Waals surface area contributed by atoms with Crippen LogP contribution in [0.5, 0.6) is 0 Å². The lowest BCUT2D eigenvalue weighted by molar-refractivity contribution is -0.143. The highest BCUT2D eigenvalue weighted by molar-refractivity contribution is 7.91. The molecule has 0 spiro atoms. The van der Waals surface area contributed by atoms with Gasteiger partial charge in [0.05, 0.1) is 21.7 Å². The maximum atomic E-state index is 11.7. The monoisotopic (exact) mass is 380 g/mol. The van der Waals surface area contributed by atoms with Crippen molar-refractivity contribution in [3.63, 3.8) is 0 Å². The molecule has 1 aliphatic rings. The molecule has 1 saturated heterocycles. The van der Waals surface area contributed by atoms with Crippen molar-refractivity contribution in [3.8, 4) is 0 Å². The molecule has 0 aliphatic carbocycles. The Morgan fingerprint density at radius 1 is 1.36 bits per heavy atom. The molecule has 2 heterocycles. The van der Waals surface area contributed by atoms with Gasteiger partial charge in [-0.3, -0.25) is 4.79 Å². The topological polar surface area (TPSA) is 102 Å². The predicted molar refractivity (Wildman–Crippen MR) is 94.8 cm³/mol. The Kier molecular flexibility index (Phi) is 5.14. The highest BCUT2D eigenvalue weighted by atomic mass is 32.2. The molecule has 132 valence electrons. The molecule has 1 aromatic carbocycles. The first-order valence-electron chi connectivity index (χ1n) is 7.61. The number of benzene rings is 1. The van der Waals surface area contributed by atoms with E-state index >= 15 is 0 Å². The SMILES string of the molecule is O=C(COC(=O)C=Cc1nc2ccccc2s1)NC1CCS(=O)(=O)C1. The number of carbonyl (C=O) groups excluding carboxylic acids is 2. The van der Waals surface area contributed by atoms with E-state index in [2.05, 4.69) is 10.3 Å². The van der Waals surface area contributed by atoms with E-state index < -0.39 is 34.4 Å². The first-order valence-corrected chi connectivity index (χ1v) is 10.3. The molecule has 1 atom stereocenters. The third-order valence-corrected chi connectivity index (χ3v) is 6.39. The van der Waals surface area contributed by atoms with Crippen LogP contribution in [0.3, 0.4) is 0 Å². The van der Waals surface area contributed by atoms with E-state index in [0.29, 0.717) is 11.4 Å². The number of nitrogens with one attached hydrogen (secondary N) is 1. The molecule has 1 fully saturated rings. The van der Waals surface area contributed by atoms with Gasteiger partial charge in [0.15, 0.2) is 16.4 Å². The van der Waals surface area contributed by atoms with Gasteiger partial charge in [0.1, 0.15) is 5.01 Å². The molecular formula is C16H16N2O5S2. The normalized spacial score (nSPS) is 19.3. The molecule has 3 rings (SSSR count). The number of para-hydroxylation sites is 1. The van der Waals surface area contributed by atoms with Gasteiger partial charge in [-0.15, -0.1) is 11.3 Å². The van der Waals surface area contributed by atoms with Crippen molar-refractivity contribution in [1.29, 1.82) is 0 Å².